The van der Waals surface area contributed by atoms with Gasteiger partial charge in [-0.25, -0.2) is 0 Å². The van der Waals surface area contributed by atoms with E-state index in [9.17, 15) is 4.79 Å². The average molecular weight is 288 g/mol. The van der Waals surface area contributed by atoms with Gasteiger partial charge in [0.2, 0.25) is 5.91 Å². The van der Waals surface area contributed by atoms with E-state index in [-0.39, 0.29) is 5.91 Å². The lowest BCUT2D eigenvalue weighted by molar-refractivity contribution is -0.121. The van der Waals surface area contributed by atoms with Crippen LogP contribution in [-0.4, -0.2) is 18.2 Å². The highest BCUT2D eigenvalue weighted by Gasteiger charge is 1.99. The summed E-state index contributed by atoms with van der Waals surface area (Å²) in [6, 6.07) is 0. The molecule has 0 fully saturated rings. The van der Waals surface area contributed by atoms with Crippen molar-refractivity contribution >= 4 is 18.5 Å². The summed E-state index contributed by atoms with van der Waals surface area (Å²) in [7, 11) is 0. The largest absolute Gasteiger partial charge is 0.356 e. The zero-order chi connectivity index (χ0) is 14.2. The number of unbranched alkanes of at least 4 members (excludes halogenated alkanes) is 9. The predicted molar refractivity (Wildman–Crippen MR) is 87.9 cm³/mol. The summed E-state index contributed by atoms with van der Waals surface area (Å²) in [6.45, 7) is 2.99. The van der Waals surface area contributed by atoms with Crippen molar-refractivity contribution in [2.75, 3.05) is 12.3 Å². The van der Waals surface area contributed by atoms with Crippen molar-refractivity contribution in [1.29, 1.82) is 0 Å². The van der Waals surface area contributed by atoms with E-state index in [4.69, 9.17) is 0 Å². The van der Waals surface area contributed by atoms with E-state index in [0.717, 1.165) is 31.6 Å². The van der Waals surface area contributed by atoms with Gasteiger partial charge < -0.3 is 5.32 Å². The Labute approximate surface area is 125 Å². The number of hydrogen-bond acceptors (Lipinski definition) is 2. The first-order valence-electron chi connectivity index (χ1n) is 8.18. The van der Waals surface area contributed by atoms with Crippen molar-refractivity contribution in [2.24, 2.45) is 0 Å². The Morgan fingerprint density at radius 2 is 1.37 bits per heavy atom. The summed E-state index contributed by atoms with van der Waals surface area (Å²) in [5.74, 6) is 1.26. The molecule has 0 aliphatic carbocycles. The van der Waals surface area contributed by atoms with Gasteiger partial charge in [-0.2, -0.15) is 12.6 Å². The average Bonchev–Trinajstić information content (AvgIpc) is 2.41. The van der Waals surface area contributed by atoms with Crippen LogP contribution < -0.4 is 5.32 Å². The lowest BCUT2D eigenvalue weighted by Gasteiger charge is -2.04. The molecular weight excluding hydrogens is 254 g/mol. The van der Waals surface area contributed by atoms with Crippen LogP contribution in [0, 0.1) is 0 Å². The fraction of sp³-hybridized carbons (Fsp3) is 0.938. The summed E-state index contributed by atoms with van der Waals surface area (Å²) in [6.07, 6.45) is 14.5. The molecule has 0 aromatic heterocycles. The lowest BCUT2D eigenvalue weighted by Crippen LogP contribution is -2.23. The second-order valence-corrected chi connectivity index (χ2v) is 5.81. The van der Waals surface area contributed by atoms with Crippen LogP contribution in [0.25, 0.3) is 0 Å². The van der Waals surface area contributed by atoms with E-state index >= 15 is 0 Å². The number of thiol groups is 1. The highest BCUT2D eigenvalue weighted by Crippen LogP contribution is 2.10. The molecule has 1 amide bonds. The van der Waals surface area contributed by atoms with Crippen LogP contribution in [0.2, 0.25) is 0 Å². The van der Waals surface area contributed by atoms with Crippen LogP contribution in [0.1, 0.15) is 84.0 Å². The molecule has 0 atom stereocenters. The van der Waals surface area contributed by atoms with Gasteiger partial charge in [-0.05, 0) is 25.0 Å². The molecule has 0 aromatic rings. The van der Waals surface area contributed by atoms with E-state index in [1.54, 1.807) is 0 Å². The number of nitrogens with one attached hydrogen (secondary N) is 1. The van der Waals surface area contributed by atoms with Crippen LogP contribution in [0.4, 0.5) is 0 Å². The van der Waals surface area contributed by atoms with Crippen molar-refractivity contribution in [2.45, 2.75) is 84.0 Å². The normalized spacial score (nSPS) is 10.6. The number of rotatable bonds is 14. The molecule has 19 heavy (non-hydrogen) atoms. The van der Waals surface area contributed by atoms with Gasteiger partial charge in [0.1, 0.15) is 0 Å². The van der Waals surface area contributed by atoms with Gasteiger partial charge in [0.05, 0.1) is 0 Å². The topological polar surface area (TPSA) is 29.1 Å². The maximum absolute atomic E-state index is 11.4. The first-order valence-corrected chi connectivity index (χ1v) is 8.82. The summed E-state index contributed by atoms with van der Waals surface area (Å²) >= 11 is 4.21. The van der Waals surface area contributed by atoms with Crippen molar-refractivity contribution in [3.63, 3.8) is 0 Å². The van der Waals surface area contributed by atoms with Gasteiger partial charge >= 0.3 is 0 Å². The van der Waals surface area contributed by atoms with E-state index in [1.807, 2.05) is 0 Å². The summed E-state index contributed by atoms with van der Waals surface area (Å²) in [4.78, 5) is 11.4. The smallest absolute Gasteiger partial charge is 0.219 e. The number of carbonyl (C=O) groups excluding carboxylic acids is 1. The Kier molecular flexibility index (Phi) is 15.7. The number of amides is 1. The van der Waals surface area contributed by atoms with Gasteiger partial charge in [-0.15, -0.1) is 0 Å². The molecule has 0 aliphatic rings. The fourth-order valence-electron chi connectivity index (χ4n) is 2.13. The Balaban J connectivity index is 3.07. The third-order valence-electron chi connectivity index (χ3n) is 3.41. The van der Waals surface area contributed by atoms with Crippen molar-refractivity contribution in [3.8, 4) is 0 Å². The standard InChI is InChI=1S/C16H33NOS/c1-2-3-14-17-16(18)13-11-9-7-5-4-6-8-10-12-15-19/h19H,2-15H2,1H3,(H,17,18). The van der Waals surface area contributed by atoms with E-state index < -0.39 is 0 Å². The Morgan fingerprint density at radius 3 is 1.89 bits per heavy atom. The number of carbonyl (C=O) groups is 1. The summed E-state index contributed by atoms with van der Waals surface area (Å²) in [5.41, 5.74) is 0. The van der Waals surface area contributed by atoms with Crippen LogP contribution in [0.15, 0.2) is 0 Å². The first-order chi connectivity index (χ1) is 9.31. The van der Waals surface area contributed by atoms with Crippen LogP contribution in [0.5, 0.6) is 0 Å². The SMILES string of the molecule is CCCCNC(=O)CCCCCCCCCCCS. The Morgan fingerprint density at radius 1 is 0.842 bits per heavy atom. The maximum atomic E-state index is 11.4. The third kappa shape index (κ3) is 15.8. The van der Waals surface area contributed by atoms with Crippen molar-refractivity contribution < 1.29 is 4.79 Å². The third-order valence-corrected chi connectivity index (χ3v) is 3.73. The highest BCUT2D eigenvalue weighted by atomic mass is 32.1. The molecule has 0 aliphatic heterocycles. The monoisotopic (exact) mass is 287 g/mol. The lowest BCUT2D eigenvalue weighted by atomic mass is 10.1. The van der Waals surface area contributed by atoms with E-state index in [0.29, 0.717) is 6.42 Å². The van der Waals surface area contributed by atoms with Gasteiger partial charge in [-0.3, -0.25) is 4.79 Å². The molecule has 0 unspecified atom stereocenters. The van der Waals surface area contributed by atoms with Crippen molar-refractivity contribution in [3.05, 3.63) is 0 Å². The molecule has 0 rings (SSSR count). The quantitative estimate of drug-likeness (QED) is 0.351. The number of hydrogen-bond donors (Lipinski definition) is 2. The molecule has 0 radical (unpaired) electrons. The second-order valence-electron chi connectivity index (χ2n) is 5.36. The molecule has 3 heteroatoms. The van der Waals surface area contributed by atoms with Crippen LogP contribution in [-0.2, 0) is 4.79 Å². The second kappa shape index (κ2) is 15.9. The molecule has 0 aromatic carbocycles. The van der Waals surface area contributed by atoms with Gasteiger partial charge in [0, 0.05) is 13.0 Å². The van der Waals surface area contributed by atoms with Gasteiger partial charge in [-0.1, -0.05) is 58.3 Å². The van der Waals surface area contributed by atoms with E-state index in [2.05, 4.69) is 24.9 Å². The molecule has 2 nitrogen and oxygen atoms in total. The van der Waals surface area contributed by atoms with Gasteiger partial charge in [0.25, 0.3) is 0 Å². The molecule has 0 saturated carbocycles. The molecule has 0 spiro atoms. The summed E-state index contributed by atoms with van der Waals surface area (Å²) in [5, 5.41) is 2.97. The molecule has 114 valence electrons. The predicted octanol–water partition coefficient (Wildman–Crippen LogP) is 4.73. The highest BCUT2D eigenvalue weighted by molar-refractivity contribution is 7.80. The van der Waals surface area contributed by atoms with Gasteiger partial charge in [0.15, 0.2) is 0 Å². The molecule has 0 saturated heterocycles. The Hall–Kier alpha value is -0.180. The minimum absolute atomic E-state index is 0.236. The van der Waals surface area contributed by atoms with Crippen molar-refractivity contribution in [1.82, 2.24) is 5.32 Å². The summed E-state index contributed by atoms with van der Waals surface area (Å²) < 4.78 is 0. The maximum Gasteiger partial charge on any atom is 0.219 e. The minimum atomic E-state index is 0.236. The van der Waals surface area contributed by atoms with E-state index in [1.165, 1.54) is 51.4 Å². The minimum Gasteiger partial charge on any atom is -0.356 e. The van der Waals surface area contributed by atoms with Crippen LogP contribution >= 0.6 is 12.6 Å². The first kappa shape index (κ1) is 18.8. The zero-order valence-electron chi connectivity index (χ0n) is 12.8. The fourth-order valence-corrected chi connectivity index (χ4v) is 2.35. The zero-order valence-corrected chi connectivity index (χ0v) is 13.6. The van der Waals surface area contributed by atoms with Crippen LogP contribution in [0.3, 0.4) is 0 Å². The Bertz CT molecular complexity index is 197. The molecule has 0 bridgehead atoms. The molecule has 1 N–H and O–H groups in total. The molecular formula is C16H33NOS. The molecule has 0 heterocycles.